The Kier molecular flexibility index (Phi) is 3.22. The topological polar surface area (TPSA) is 57.8 Å². The van der Waals surface area contributed by atoms with E-state index in [4.69, 9.17) is 0 Å². The van der Waals surface area contributed by atoms with Crippen LogP contribution in [0.15, 0.2) is 29.2 Å². The van der Waals surface area contributed by atoms with Gasteiger partial charge < -0.3 is 5.32 Å². The van der Waals surface area contributed by atoms with E-state index in [0.717, 1.165) is 25.0 Å². The Bertz CT molecular complexity index is 670. The molecule has 2 N–H and O–H groups in total. The smallest absolute Gasteiger partial charge is 0.234 e. The van der Waals surface area contributed by atoms with Gasteiger partial charge in [-0.15, -0.1) is 11.8 Å². The van der Waals surface area contributed by atoms with E-state index in [9.17, 15) is 4.79 Å². The van der Waals surface area contributed by atoms with Gasteiger partial charge in [0, 0.05) is 10.6 Å². The van der Waals surface area contributed by atoms with Crippen molar-refractivity contribution in [2.24, 2.45) is 0 Å². The average Bonchev–Trinajstić information content (AvgIpc) is 3.19. The number of nitrogens with one attached hydrogen (secondary N) is 2. The molecule has 21 heavy (non-hydrogen) atoms. The molecule has 1 aromatic carbocycles. The quantitative estimate of drug-likeness (QED) is 0.914. The first kappa shape index (κ1) is 13.0. The van der Waals surface area contributed by atoms with Crippen molar-refractivity contribution in [2.45, 2.75) is 42.4 Å². The highest BCUT2D eigenvalue weighted by molar-refractivity contribution is 8.01. The Morgan fingerprint density at radius 1 is 1.38 bits per heavy atom. The molecule has 1 aliphatic heterocycles. The van der Waals surface area contributed by atoms with Crippen LogP contribution in [0.25, 0.3) is 0 Å². The molecule has 0 fully saturated rings. The number of aryl methyl sites for hydroxylation is 1. The molecular weight excluding hydrogens is 282 g/mol. The van der Waals surface area contributed by atoms with Crippen molar-refractivity contribution < 1.29 is 4.79 Å². The summed E-state index contributed by atoms with van der Waals surface area (Å²) in [5.41, 5.74) is 4.86. The molecule has 2 aliphatic rings. The molecule has 4 rings (SSSR count). The molecule has 1 aromatic heterocycles. The van der Waals surface area contributed by atoms with Crippen molar-refractivity contribution in [1.29, 1.82) is 0 Å². The Morgan fingerprint density at radius 3 is 3.19 bits per heavy atom. The second kappa shape index (κ2) is 5.22. The molecule has 2 aromatic rings. The molecule has 1 unspecified atom stereocenters. The Labute approximate surface area is 127 Å². The van der Waals surface area contributed by atoms with Crippen LogP contribution in [0.3, 0.4) is 0 Å². The normalized spacial score (nSPS) is 19.3. The van der Waals surface area contributed by atoms with Crippen molar-refractivity contribution in [3.05, 3.63) is 46.8 Å². The highest BCUT2D eigenvalue weighted by atomic mass is 32.2. The first-order valence-electron chi connectivity index (χ1n) is 7.38. The van der Waals surface area contributed by atoms with E-state index in [1.807, 2.05) is 12.1 Å². The van der Waals surface area contributed by atoms with Gasteiger partial charge in [-0.1, -0.05) is 18.2 Å². The number of rotatable bonds is 3. The Balaban J connectivity index is 1.39. The number of carbonyl (C=O) groups excluding carboxylic acids is 1. The fourth-order valence-corrected chi connectivity index (χ4v) is 4.37. The van der Waals surface area contributed by atoms with Crippen LogP contribution in [0.5, 0.6) is 0 Å². The van der Waals surface area contributed by atoms with Gasteiger partial charge in [0.25, 0.3) is 0 Å². The SMILES string of the molecule is O=C(NCc1n[nH]c2c1CCC2)C1Cc2ccccc2S1. The maximum absolute atomic E-state index is 12.3. The number of thioether (sulfide) groups is 1. The van der Waals surface area contributed by atoms with Gasteiger partial charge in [-0.25, -0.2) is 0 Å². The number of amides is 1. The molecule has 0 spiro atoms. The van der Waals surface area contributed by atoms with E-state index in [-0.39, 0.29) is 11.2 Å². The predicted molar refractivity (Wildman–Crippen MR) is 82.3 cm³/mol. The maximum atomic E-state index is 12.3. The molecule has 0 radical (unpaired) electrons. The monoisotopic (exact) mass is 299 g/mol. The zero-order chi connectivity index (χ0) is 14.2. The lowest BCUT2D eigenvalue weighted by molar-refractivity contribution is -0.120. The van der Waals surface area contributed by atoms with Crippen molar-refractivity contribution in [2.75, 3.05) is 0 Å². The van der Waals surface area contributed by atoms with E-state index >= 15 is 0 Å². The minimum Gasteiger partial charge on any atom is -0.349 e. The van der Waals surface area contributed by atoms with E-state index < -0.39 is 0 Å². The zero-order valence-corrected chi connectivity index (χ0v) is 12.5. The summed E-state index contributed by atoms with van der Waals surface area (Å²) in [6.07, 6.45) is 4.19. The summed E-state index contributed by atoms with van der Waals surface area (Å²) >= 11 is 1.67. The third-order valence-electron chi connectivity index (χ3n) is 4.26. The van der Waals surface area contributed by atoms with Gasteiger partial charge in [-0.2, -0.15) is 5.10 Å². The molecule has 108 valence electrons. The summed E-state index contributed by atoms with van der Waals surface area (Å²) in [7, 11) is 0. The maximum Gasteiger partial charge on any atom is 0.234 e. The number of H-pyrrole nitrogens is 1. The first-order valence-corrected chi connectivity index (χ1v) is 8.26. The number of hydrogen-bond acceptors (Lipinski definition) is 3. The summed E-state index contributed by atoms with van der Waals surface area (Å²) in [5.74, 6) is 0.117. The second-order valence-electron chi connectivity index (χ2n) is 5.62. The minimum absolute atomic E-state index is 0.00519. The zero-order valence-electron chi connectivity index (χ0n) is 11.7. The molecular formula is C16H17N3OS. The second-order valence-corrected chi connectivity index (χ2v) is 6.86. The van der Waals surface area contributed by atoms with Gasteiger partial charge in [-0.05, 0) is 42.9 Å². The lowest BCUT2D eigenvalue weighted by Crippen LogP contribution is -2.32. The van der Waals surface area contributed by atoms with Gasteiger partial charge in [0.05, 0.1) is 17.5 Å². The van der Waals surface area contributed by atoms with Crippen LogP contribution in [-0.4, -0.2) is 21.4 Å². The average molecular weight is 299 g/mol. The van der Waals surface area contributed by atoms with Crippen LogP contribution in [-0.2, 0) is 30.6 Å². The van der Waals surface area contributed by atoms with Gasteiger partial charge in [0.15, 0.2) is 0 Å². The van der Waals surface area contributed by atoms with Gasteiger partial charge in [0.2, 0.25) is 5.91 Å². The van der Waals surface area contributed by atoms with Crippen LogP contribution in [0, 0.1) is 0 Å². The van der Waals surface area contributed by atoms with Crippen molar-refractivity contribution >= 4 is 17.7 Å². The van der Waals surface area contributed by atoms with E-state index in [0.29, 0.717) is 6.54 Å². The van der Waals surface area contributed by atoms with Crippen LogP contribution in [0.4, 0.5) is 0 Å². The van der Waals surface area contributed by atoms with Gasteiger partial charge in [-0.3, -0.25) is 9.89 Å². The molecule has 0 saturated heterocycles. The molecule has 1 amide bonds. The van der Waals surface area contributed by atoms with Crippen LogP contribution in [0.1, 0.15) is 28.9 Å². The van der Waals surface area contributed by atoms with Crippen LogP contribution >= 0.6 is 11.8 Å². The van der Waals surface area contributed by atoms with Crippen LogP contribution < -0.4 is 5.32 Å². The number of aromatic nitrogens is 2. The van der Waals surface area contributed by atoms with E-state index in [1.165, 1.54) is 28.1 Å². The molecule has 2 heterocycles. The van der Waals surface area contributed by atoms with E-state index in [1.54, 1.807) is 11.8 Å². The standard InChI is InChI=1S/C16H17N3OS/c20-16(15-8-10-4-1-2-7-14(10)21-15)17-9-13-11-5-3-6-12(11)18-19-13/h1-2,4,7,15H,3,5-6,8-9H2,(H,17,20)(H,18,19). The number of nitrogens with zero attached hydrogens (tertiary/aromatic N) is 1. The molecule has 1 aliphatic carbocycles. The first-order chi connectivity index (χ1) is 10.3. The fourth-order valence-electron chi connectivity index (χ4n) is 3.15. The number of carbonyl (C=O) groups is 1. The molecule has 0 saturated carbocycles. The molecule has 4 nitrogen and oxygen atoms in total. The molecule has 5 heteroatoms. The highest BCUT2D eigenvalue weighted by Gasteiger charge is 2.28. The molecule has 0 bridgehead atoms. The predicted octanol–water partition coefficient (Wildman–Crippen LogP) is 2.23. The summed E-state index contributed by atoms with van der Waals surface area (Å²) in [4.78, 5) is 13.6. The molecule has 1 atom stereocenters. The largest absolute Gasteiger partial charge is 0.349 e. The van der Waals surface area contributed by atoms with Crippen LogP contribution in [0.2, 0.25) is 0 Å². The number of aromatic amines is 1. The Morgan fingerprint density at radius 2 is 2.29 bits per heavy atom. The summed E-state index contributed by atoms with van der Waals surface area (Å²) in [6, 6.07) is 8.26. The van der Waals surface area contributed by atoms with Gasteiger partial charge in [0.1, 0.15) is 0 Å². The van der Waals surface area contributed by atoms with E-state index in [2.05, 4.69) is 27.6 Å². The third-order valence-corrected chi connectivity index (χ3v) is 5.58. The lowest BCUT2D eigenvalue weighted by Gasteiger charge is -2.09. The summed E-state index contributed by atoms with van der Waals surface area (Å²) in [5, 5.41) is 10.5. The number of hydrogen-bond donors (Lipinski definition) is 2. The minimum atomic E-state index is -0.00519. The van der Waals surface area contributed by atoms with Crippen molar-refractivity contribution in [3.63, 3.8) is 0 Å². The van der Waals surface area contributed by atoms with Crippen molar-refractivity contribution in [3.8, 4) is 0 Å². The summed E-state index contributed by atoms with van der Waals surface area (Å²) in [6.45, 7) is 0.540. The highest BCUT2D eigenvalue weighted by Crippen LogP contribution is 2.36. The summed E-state index contributed by atoms with van der Waals surface area (Å²) < 4.78 is 0. The van der Waals surface area contributed by atoms with Crippen molar-refractivity contribution in [1.82, 2.24) is 15.5 Å². The number of benzene rings is 1. The Hall–Kier alpha value is -1.75. The lowest BCUT2D eigenvalue weighted by atomic mass is 10.1. The third kappa shape index (κ3) is 2.35. The van der Waals surface area contributed by atoms with Gasteiger partial charge >= 0.3 is 0 Å². The number of fused-ring (bicyclic) bond motifs is 2. The fraction of sp³-hybridized carbons (Fsp3) is 0.375.